The van der Waals surface area contributed by atoms with Crippen molar-refractivity contribution in [3.8, 4) is 0 Å². The van der Waals surface area contributed by atoms with E-state index < -0.39 is 0 Å². The predicted octanol–water partition coefficient (Wildman–Crippen LogP) is 3.82. The Hall–Kier alpha value is -0.340. The zero-order valence-corrected chi connectivity index (χ0v) is 11.0. The molecule has 0 heterocycles. The van der Waals surface area contributed by atoms with Gasteiger partial charge in [-0.05, 0) is 42.5 Å². The SMILES string of the molecule is CC(C)NC1CCCc2ccc(Br)cc21. The molecule has 1 N–H and O–H groups in total. The number of nitrogens with one attached hydrogen (secondary N) is 1. The summed E-state index contributed by atoms with van der Waals surface area (Å²) in [5.74, 6) is 0. The van der Waals surface area contributed by atoms with Gasteiger partial charge in [0.1, 0.15) is 0 Å². The Morgan fingerprint density at radius 1 is 1.40 bits per heavy atom. The van der Waals surface area contributed by atoms with E-state index in [1.807, 2.05) is 0 Å². The third kappa shape index (κ3) is 2.61. The van der Waals surface area contributed by atoms with E-state index in [1.54, 1.807) is 0 Å². The summed E-state index contributed by atoms with van der Waals surface area (Å²) in [6.45, 7) is 4.43. The Bertz CT molecular complexity index is 346. The van der Waals surface area contributed by atoms with E-state index >= 15 is 0 Å². The molecule has 1 aromatic rings. The number of aryl methyl sites for hydroxylation is 1. The number of halogens is 1. The molecular weight excluding hydrogens is 250 g/mol. The van der Waals surface area contributed by atoms with Crippen LogP contribution in [0.1, 0.15) is 43.9 Å². The fourth-order valence-electron chi connectivity index (χ4n) is 2.35. The largest absolute Gasteiger partial charge is 0.308 e. The zero-order chi connectivity index (χ0) is 10.8. The van der Waals surface area contributed by atoms with Gasteiger partial charge in [0.05, 0.1) is 0 Å². The minimum atomic E-state index is 0.547. The smallest absolute Gasteiger partial charge is 0.0325 e. The molecule has 82 valence electrons. The van der Waals surface area contributed by atoms with Crippen LogP contribution in [0.5, 0.6) is 0 Å². The highest BCUT2D eigenvalue weighted by molar-refractivity contribution is 9.10. The minimum Gasteiger partial charge on any atom is -0.308 e. The van der Waals surface area contributed by atoms with E-state index in [-0.39, 0.29) is 0 Å². The van der Waals surface area contributed by atoms with Crippen LogP contribution in [0.2, 0.25) is 0 Å². The van der Waals surface area contributed by atoms with Gasteiger partial charge < -0.3 is 5.32 Å². The van der Waals surface area contributed by atoms with Crippen LogP contribution < -0.4 is 5.32 Å². The van der Waals surface area contributed by atoms with E-state index in [1.165, 1.54) is 34.9 Å². The molecule has 2 heteroatoms. The van der Waals surface area contributed by atoms with E-state index in [0.29, 0.717) is 12.1 Å². The summed E-state index contributed by atoms with van der Waals surface area (Å²) in [6, 6.07) is 7.78. The highest BCUT2D eigenvalue weighted by Gasteiger charge is 2.20. The first kappa shape index (κ1) is 11.2. The third-order valence-corrected chi connectivity index (χ3v) is 3.45. The van der Waals surface area contributed by atoms with E-state index in [9.17, 15) is 0 Å². The Balaban J connectivity index is 2.28. The standard InChI is InChI=1S/C13H18BrN/c1-9(2)15-13-5-3-4-10-6-7-11(14)8-12(10)13/h6-9,13,15H,3-5H2,1-2H3. The van der Waals surface area contributed by atoms with Gasteiger partial charge in [0, 0.05) is 16.6 Å². The van der Waals surface area contributed by atoms with Gasteiger partial charge in [-0.2, -0.15) is 0 Å². The van der Waals surface area contributed by atoms with Crippen LogP contribution in [-0.2, 0) is 6.42 Å². The summed E-state index contributed by atoms with van der Waals surface area (Å²) in [4.78, 5) is 0. The summed E-state index contributed by atoms with van der Waals surface area (Å²) in [5, 5.41) is 3.64. The van der Waals surface area contributed by atoms with Gasteiger partial charge in [-0.25, -0.2) is 0 Å². The van der Waals surface area contributed by atoms with Crippen molar-refractivity contribution in [3.63, 3.8) is 0 Å². The Labute approximate surface area is 100 Å². The number of fused-ring (bicyclic) bond motifs is 1. The molecule has 15 heavy (non-hydrogen) atoms. The fourth-order valence-corrected chi connectivity index (χ4v) is 2.72. The lowest BCUT2D eigenvalue weighted by Crippen LogP contribution is -2.30. The Kier molecular flexibility index (Phi) is 3.47. The van der Waals surface area contributed by atoms with Crippen LogP contribution in [0.3, 0.4) is 0 Å². The van der Waals surface area contributed by atoms with E-state index in [4.69, 9.17) is 0 Å². The molecule has 1 aliphatic rings. The maximum Gasteiger partial charge on any atom is 0.0325 e. The van der Waals surface area contributed by atoms with Crippen molar-refractivity contribution in [3.05, 3.63) is 33.8 Å². The lowest BCUT2D eigenvalue weighted by atomic mass is 9.87. The monoisotopic (exact) mass is 267 g/mol. The average Bonchev–Trinajstić information content (AvgIpc) is 2.18. The Morgan fingerprint density at radius 3 is 2.93 bits per heavy atom. The van der Waals surface area contributed by atoms with Crippen LogP contribution in [0.25, 0.3) is 0 Å². The topological polar surface area (TPSA) is 12.0 Å². The molecule has 0 fully saturated rings. The van der Waals surface area contributed by atoms with Crippen molar-refractivity contribution in [2.75, 3.05) is 0 Å². The average molecular weight is 268 g/mol. The lowest BCUT2D eigenvalue weighted by Gasteiger charge is -2.28. The molecule has 0 amide bonds. The van der Waals surface area contributed by atoms with Crippen LogP contribution in [0.4, 0.5) is 0 Å². The molecule has 2 rings (SSSR count). The van der Waals surface area contributed by atoms with Gasteiger partial charge in [0.25, 0.3) is 0 Å². The van der Waals surface area contributed by atoms with Crippen molar-refractivity contribution < 1.29 is 0 Å². The number of rotatable bonds is 2. The first-order valence-corrected chi connectivity index (χ1v) is 6.50. The predicted molar refractivity (Wildman–Crippen MR) is 68.1 cm³/mol. The van der Waals surface area contributed by atoms with Gasteiger partial charge in [0.2, 0.25) is 0 Å². The first-order chi connectivity index (χ1) is 7.16. The Morgan fingerprint density at radius 2 is 2.20 bits per heavy atom. The highest BCUT2D eigenvalue weighted by Crippen LogP contribution is 2.31. The lowest BCUT2D eigenvalue weighted by molar-refractivity contribution is 0.423. The van der Waals surface area contributed by atoms with E-state index in [2.05, 4.69) is 53.3 Å². The van der Waals surface area contributed by atoms with Gasteiger partial charge in [-0.1, -0.05) is 35.8 Å². The molecule has 0 radical (unpaired) electrons. The van der Waals surface area contributed by atoms with Gasteiger partial charge >= 0.3 is 0 Å². The maximum atomic E-state index is 3.64. The van der Waals surface area contributed by atoms with Crippen LogP contribution in [0, 0.1) is 0 Å². The first-order valence-electron chi connectivity index (χ1n) is 5.71. The molecular formula is C13H18BrN. The molecule has 0 saturated carbocycles. The second-order valence-corrected chi connectivity index (χ2v) is 5.52. The molecule has 1 aliphatic carbocycles. The summed E-state index contributed by atoms with van der Waals surface area (Å²) in [7, 11) is 0. The molecule has 0 aromatic heterocycles. The fraction of sp³-hybridized carbons (Fsp3) is 0.538. The van der Waals surface area contributed by atoms with Gasteiger partial charge in [-0.15, -0.1) is 0 Å². The zero-order valence-electron chi connectivity index (χ0n) is 9.39. The molecule has 1 atom stereocenters. The number of hydrogen-bond acceptors (Lipinski definition) is 1. The quantitative estimate of drug-likeness (QED) is 0.859. The van der Waals surface area contributed by atoms with Gasteiger partial charge in [-0.3, -0.25) is 0 Å². The van der Waals surface area contributed by atoms with E-state index in [0.717, 1.165) is 0 Å². The van der Waals surface area contributed by atoms with Crippen molar-refractivity contribution >= 4 is 15.9 Å². The normalized spacial score (nSPS) is 20.4. The third-order valence-electron chi connectivity index (χ3n) is 2.96. The molecule has 1 unspecified atom stereocenters. The molecule has 0 spiro atoms. The number of hydrogen-bond donors (Lipinski definition) is 1. The summed E-state index contributed by atoms with van der Waals surface area (Å²) < 4.78 is 1.19. The van der Waals surface area contributed by atoms with Crippen LogP contribution >= 0.6 is 15.9 Å². The number of benzene rings is 1. The maximum absolute atomic E-state index is 3.64. The summed E-state index contributed by atoms with van der Waals surface area (Å²) in [5.41, 5.74) is 3.01. The van der Waals surface area contributed by atoms with Crippen LogP contribution in [-0.4, -0.2) is 6.04 Å². The molecule has 0 bridgehead atoms. The summed E-state index contributed by atoms with van der Waals surface area (Å²) >= 11 is 3.56. The van der Waals surface area contributed by atoms with Crippen molar-refractivity contribution in [1.29, 1.82) is 0 Å². The molecule has 1 aromatic carbocycles. The van der Waals surface area contributed by atoms with Crippen LogP contribution in [0.15, 0.2) is 22.7 Å². The second kappa shape index (κ2) is 4.67. The second-order valence-electron chi connectivity index (χ2n) is 4.61. The van der Waals surface area contributed by atoms with Crippen molar-refractivity contribution in [2.24, 2.45) is 0 Å². The molecule has 0 aliphatic heterocycles. The highest BCUT2D eigenvalue weighted by atomic mass is 79.9. The van der Waals surface area contributed by atoms with Gasteiger partial charge in [0.15, 0.2) is 0 Å². The molecule has 0 saturated heterocycles. The molecule has 1 nitrogen and oxygen atoms in total. The van der Waals surface area contributed by atoms with Crippen molar-refractivity contribution in [1.82, 2.24) is 5.32 Å². The summed E-state index contributed by atoms with van der Waals surface area (Å²) in [6.07, 6.45) is 3.81. The van der Waals surface area contributed by atoms with Crippen molar-refractivity contribution in [2.45, 2.75) is 45.2 Å². The minimum absolute atomic E-state index is 0.547.